The van der Waals surface area contributed by atoms with E-state index >= 15 is 0 Å². The van der Waals surface area contributed by atoms with Gasteiger partial charge in [-0.1, -0.05) is 312 Å². The molecule has 0 spiro atoms. The van der Waals surface area contributed by atoms with Crippen LogP contribution >= 0.6 is 0 Å². The molecule has 78 heavy (non-hydrogen) atoms. The maximum atomic E-state index is 12.5. The van der Waals surface area contributed by atoms with Crippen LogP contribution in [0.2, 0.25) is 0 Å². The highest BCUT2D eigenvalue weighted by molar-refractivity contribution is 5.76. The number of rotatable bonds is 64. The summed E-state index contributed by atoms with van der Waals surface area (Å²) in [4.78, 5) is 24.6. The highest BCUT2D eigenvalue weighted by Gasteiger charge is 2.18. The molecule has 0 saturated heterocycles. The number of unbranched alkanes of at least 4 members (excludes halogenated alkanes) is 45. The smallest absolute Gasteiger partial charge is 0.305 e. The van der Waals surface area contributed by atoms with Crippen LogP contribution in [-0.4, -0.2) is 47.4 Å². The summed E-state index contributed by atoms with van der Waals surface area (Å²) in [6, 6.07) is -0.630. The number of nitrogens with one attached hydrogen (secondary N) is 1. The lowest BCUT2D eigenvalue weighted by Crippen LogP contribution is -2.45. The van der Waals surface area contributed by atoms with Crippen LogP contribution in [0.3, 0.4) is 0 Å². The molecule has 6 nitrogen and oxygen atoms in total. The fourth-order valence-electron chi connectivity index (χ4n) is 10.5. The Morgan fingerprint density at radius 1 is 0.359 bits per heavy atom. The van der Waals surface area contributed by atoms with E-state index in [1.54, 1.807) is 6.08 Å². The SMILES string of the molecule is CCCCC/C=C\C/C=C\CCCCCCCC(=O)OCCCCCCCCCCC/C=C\C/C=C\CCCCCCCCCCCCCCCC(=O)NC(CO)C(O)/C=C/CCCCCCCCCCCCCCCCC. The zero-order valence-electron chi connectivity index (χ0n) is 52.1. The van der Waals surface area contributed by atoms with Crippen LogP contribution in [0.5, 0.6) is 0 Å². The summed E-state index contributed by atoms with van der Waals surface area (Å²) < 4.78 is 5.48. The predicted molar refractivity (Wildman–Crippen MR) is 342 cm³/mol. The molecule has 0 fully saturated rings. The molecule has 0 saturated carbocycles. The van der Waals surface area contributed by atoms with Gasteiger partial charge in [-0.3, -0.25) is 9.59 Å². The second-order valence-electron chi connectivity index (χ2n) is 23.5. The molecule has 1 amide bonds. The molecule has 0 aromatic carbocycles. The summed E-state index contributed by atoms with van der Waals surface area (Å²) in [6.45, 7) is 4.89. The van der Waals surface area contributed by atoms with Crippen molar-refractivity contribution < 1.29 is 24.5 Å². The van der Waals surface area contributed by atoms with Crippen molar-refractivity contribution in [1.82, 2.24) is 5.32 Å². The minimum absolute atomic E-state index is 0.00262. The first kappa shape index (κ1) is 75.6. The van der Waals surface area contributed by atoms with E-state index in [4.69, 9.17) is 4.74 Å². The van der Waals surface area contributed by atoms with E-state index in [1.165, 1.54) is 276 Å². The molecule has 2 atom stereocenters. The number of carbonyl (C=O) groups is 2. The molecule has 6 heteroatoms. The third-order valence-corrected chi connectivity index (χ3v) is 15.8. The summed E-state index contributed by atoms with van der Waals surface area (Å²) in [6.07, 6.45) is 88.6. The number of amides is 1. The molecule has 0 aromatic heterocycles. The average Bonchev–Trinajstić information content (AvgIpc) is 3.44. The summed E-state index contributed by atoms with van der Waals surface area (Å²) in [5.74, 6) is -0.0700. The Kier molecular flexibility index (Phi) is 65.0. The number of carbonyl (C=O) groups excluding carboxylic acids is 2. The number of esters is 1. The highest BCUT2D eigenvalue weighted by Crippen LogP contribution is 2.17. The topological polar surface area (TPSA) is 95.9 Å². The lowest BCUT2D eigenvalue weighted by atomic mass is 10.0. The largest absolute Gasteiger partial charge is 0.466 e. The maximum absolute atomic E-state index is 12.5. The number of hydrogen-bond donors (Lipinski definition) is 3. The van der Waals surface area contributed by atoms with E-state index in [-0.39, 0.29) is 18.5 Å². The number of ether oxygens (including phenoxy) is 1. The molecule has 0 heterocycles. The van der Waals surface area contributed by atoms with E-state index < -0.39 is 12.1 Å². The van der Waals surface area contributed by atoms with Crippen molar-refractivity contribution in [3.63, 3.8) is 0 Å². The number of hydrogen-bond acceptors (Lipinski definition) is 5. The Labute approximate surface area is 486 Å². The molecule has 0 aliphatic heterocycles. The fourth-order valence-corrected chi connectivity index (χ4v) is 10.5. The van der Waals surface area contributed by atoms with Crippen molar-refractivity contribution in [3.05, 3.63) is 60.8 Å². The Morgan fingerprint density at radius 2 is 0.641 bits per heavy atom. The van der Waals surface area contributed by atoms with E-state index in [0.29, 0.717) is 19.4 Å². The zero-order chi connectivity index (χ0) is 56.4. The van der Waals surface area contributed by atoms with Gasteiger partial charge in [-0.25, -0.2) is 0 Å². The number of allylic oxidation sites excluding steroid dienone is 9. The van der Waals surface area contributed by atoms with Crippen LogP contribution in [0, 0.1) is 0 Å². The van der Waals surface area contributed by atoms with Gasteiger partial charge >= 0.3 is 5.97 Å². The summed E-state index contributed by atoms with van der Waals surface area (Å²) in [5, 5.41) is 23.2. The van der Waals surface area contributed by atoms with E-state index in [0.717, 1.165) is 57.8 Å². The van der Waals surface area contributed by atoms with Crippen molar-refractivity contribution in [2.24, 2.45) is 0 Å². The first-order valence-electron chi connectivity index (χ1n) is 34.6. The van der Waals surface area contributed by atoms with Crippen molar-refractivity contribution in [2.45, 2.75) is 373 Å². The zero-order valence-corrected chi connectivity index (χ0v) is 52.1. The third kappa shape index (κ3) is 62.8. The predicted octanol–water partition coefficient (Wildman–Crippen LogP) is 22.3. The molecular formula is C72H133NO5. The fraction of sp³-hybridized carbons (Fsp3) is 0.833. The van der Waals surface area contributed by atoms with Gasteiger partial charge < -0.3 is 20.3 Å². The first-order chi connectivity index (χ1) is 38.5. The van der Waals surface area contributed by atoms with Gasteiger partial charge in [0.15, 0.2) is 0 Å². The minimum Gasteiger partial charge on any atom is -0.466 e. The molecule has 3 N–H and O–H groups in total. The summed E-state index contributed by atoms with van der Waals surface area (Å²) in [5.41, 5.74) is 0. The Bertz CT molecular complexity index is 1350. The van der Waals surface area contributed by atoms with Crippen LogP contribution < -0.4 is 5.32 Å². The van der Waals surface area contributed by atoms with Crippen LogP contribution in [0.15, 0.2) is 60.8 Å². The molecule has 0 aliphatic carbocycles. The van der Waals surface area contributed by atoms with Gasteiger partial charge in [0.1, 0.15) is 0 Å². The van der Waals surface area contributed by atoms with E-state index in [9.17, 15) is 19.8 Å². The lowest BCUT2D eigenvalue weighted by molar-refractivity contribution is -0.143. The summed E-state index contributed by atoms with van der Waals surface area (Å²) >= 11 is 0. The van der Waals surface area contributed by atoms with Crippen LogP contribution in [0.4, 0.5) is 0 Å². The molecule has 0 rings (SSSR count). The number of aliphatic hydroxyl groups excluding tert-OH is 2. The molecule has 0 bridgehead atoms. The average molecular weight is 1090 g/mol. The second-order valence-corrected chi connectivity index (χ2v) is 23.5. The minimum atomic E-state index is -0.847. The molecule has 0 aliphatic rings. The van der Waals surface area contributed by atoms with Crippen LogP contribution in [0.25, 0.3) is 0 Å². The normalized spacial score (nSPS) is 12.9. The van der Waals surface area contributed by atoms with E-state index in [2.05, 4.69) is 67.8 Å². The van der Waals surface area contributed by atoms with Gasteiger partial charge in [-0.15, -0.1) is 0 Å². The van der Waals surface area contributed by atoms with Gasteiger partial charge in [0, 0.05) is 12.8 Å². The van der Waals surface area contributed by atoms with Crippen LogP contribution in [-0.2, 0) is 14.3 Å². The highest BCUT2D eigenvalue weighted by atomic mass is 16.5. The lowest BCUT2D eigenvalue weighted by Gasteiger charge is -2.20. The van der Waals surface area contributed by atoms with Gasteiger partial charge in [0.05, 0.1) is 25.4 Å². The standard InChI is InChI=1S/C72H133NO5/c1-3-5-7-9-11-13-15-17-19-33-37-40-44-48-52-56-60-64-70(75)69(68-74)73-71(76)65-61-57-53-49-45-41-38-34-31-29-27-25-23-21-20-22-24-26-28-30-32-35-39-43-47-51-55-59-63-67-78-72(77)66-62-58-54-50-46-42-36-18-16-14-12-10-8-6-4-2/h12,14,18,20,22,26,28,36,60,64,69-70,74-75H,3-11,13,15-17,19,21,23-25,27,29-35,37-59,61-63,65-68H2,1-2H3,(H,73,76)/b14-12-,22-20-,28-26-,36-18-,64-60+. The van der Waals surface area contributed by atoms with Crippen molar-refractivity contribution >= 4 is 11.9 Å². The van der Waals surface area contributed by atoms with Crippen LogP contribution in [0.1, 0.15) is 361 Å². The molecule has 0 radical (unpaired) electrons. The molecular weight excluding hydrogens is 959 g/mol. The molecule has 2 unspecified atom stereocenters. The van der Waals surface area contributed by atoms with Crippen molar-refractivity contribution in [2.75, 3.05) is 13.2 Å². The van der Waals surface area contributed by atoms with Gasteiger partial charge in [-0.2, -0.15) is 0 Å². The van der Waals surface area contributed by atoms with Gasteiger partial charge in [0.25, 0.3) is 0 Å². The molecule has 456 valence electrons. The van der Waals surface area contributed by atoms with Crippen molar-refractivity contribution in [3.8, 4) is 0 Å². The van der Waals surface area contributed by atoms with Gasteiger partial charge in [-0.05, 0) is 96.3 Å². The second kappa shape index (κ2) is 67.1. The Balaban J connectivity index is 3.44. The van der Waals surface area contributed by atoms with Gasteiger partial charge in [0.2, 0.25) is 5.91 Å². The Hall–Kier alpha value is -2.44. The van der Waals surface area contributed by atoms with E-state index in [1.807, 2.05) is 6.08 Å². The van der Waals surface area contributed by atoms with Crippen molar-refractivity contribution in [1.29, 1.82) is 0 Å². The Morgan fingerprint density at radius 3 is 1.00 bits per heavy atom. The first-order valence-corrected chi connectivity index (χ1v) is 34.6. The molecule has 0 aromatic rings. The number of aliphatic hydroxyl groups is 2. The summed E-state index contributed by atoms with van der Waals surface area (Å²) in [7, 11) is 0. The maximum Gasteiger partial charge on any atom is 0.305 e. The quantitative estimate of drug-likeness (QED) is 0.0320. The monoisotopic (exact) mass is 1090 g/mol. The third-order valence-electron chi connectivity index (χ3n) is 15.8.